The Balaban J connectivity index is 3.76. The van der Waals surface area contributed by atoms with E-state index in [1.54, 1.807) is 6.08 Å². The Hall–Kier alpha value is -1.43. The lowest BCUT2D eigenvalue weighted by molar-refractivity contribution is -0.124. The molecule has 42 heavy (non-hydrogen) atoms. The summed E-state index contributed by atoms with van der Waals surface area (Å²) in [5.41, 5.74) is 0. The number of hydrogen-bond acceptors (Lipinski definition) is 4. The van der Waals surface area contributed by atoms with Gasteiger partial charge in [0, 0.05) is 0 Å². The third kappa shape index (κ3) is 28.7. The largest absolute Gasteiger partial charge is 0.394 e. The summed E-state index contributed by atoms with van der Waals surface area (Å²) in [6, 6.07) is -0.762. The summed E-state index contributed by atoms with van der Waals surface area (Å²) in [6.45, 7) is 4.10. The average molecular weight is 592 g/mol. The van der Waals surface area contributed by atoms with E-state index in [-0.39, 0.29) is 18.9 Å². The van der Waals surface area contributed by atoms with Crippen LogP contribution in [-0.2, 0) is 4.79 Å². The van der Waals surface area contributed by atoms with Crippen molar-refractivity contribution in [2.45, 2.75) is 186 Å². The summed E-state index contributed by atoms with van der Waals surface area (Å²) in [7, 11) is 0. The maximum Gasteiger partial charge on any atom is 0.222 e. The minimum absolute atomic E-state index is 0.00407. The van der Waals surface area contributed by atoms with Gasteiger partial charge < -0.3 is 20.6 Å². The van der Waals surface area contributed by atoms with Crippen LogP contribution < -0.4 is 5.32 Å². The van der Waals surface area contributed by atoms with Gasteiger partial charge in [-0.05, 0) is 38.5 Å². The lowest BCUT2D eigenvalue weighted by Gasteiger charge is -2.21. The maximum absolute atomic E-state index is 12.3. The van der Waals surface area contributed by atoms with Gasteiger partial charge in [0.25, 0.3) is 0 Å². The Labute approximate surface area is 260 Å². The number of hydrogen-bond donors (Lipinski definition) is 4. The summed E-state index contributed by atoms with van der Waals surface area (Å²) in [6.07, 6.45) is 38.4. The summed E-state index contributed by atoms with van der Waals surface area (Å²) >= 11 is 0. The van der Waals surface area contributed by atoms with Crippen molar-refractivity contribution in [3.8, 4) is 0 Å². The fourth-order valence-corrected chi connectivity index (χ4v) is 5.14. The van der Waals surface area contributed by atoms with Crippen molar-refractivity contribution in [3.63, 3.8) is 0 Å². The van der Waals surface area contributed by atoms with Crippen molar-refractivity contribution in [1.82, 2.24) is 5.32 Å². The maximum atomic E-state index is 12.3. The highest BCUT2D eigenvalue weighted by Crippen LogP contribution is 2.15. The topological polar surface area (TPSA) is 89.8 Å². The number of aliphatic hydroxyl groups excluding tert-OH is 3. The van der Waals surface area contributed by atoms with Gasteiger partial charge in [0.15, 0.2) is 0 Å². The molecule has 0 aromatic rings. The van der Waals surface area contributed by atoms with Crippen LogP contribution in [0.5, 0.6) is 0 Å². The number of amides is 1. The second kappa shape index (κ2) is 32.5. The second-order valence-electron chi connectivity index (χ2n) is 12.1. The van der Waals surface area contributed by atoms with Gasteiger partial charge in [0.1, 0.15) is 0 Å². The molecular formula is C37H69NO4. The van der Waals surface area contributed by atoms with E-state index in [9.17, 15) is 20.1 Å². The minimum Gasteiger partial charge on any atom is -0.394 e. The van der Waals surface area contributed by atoms with E-state index in [0.717, 1.165) is 44.9 Å². The molecule has 1 amide bonds. The molecule has 0 radical (unpaired) electrons. The molecule has 0 aromatic carbocycles. The van der Waals surface area contributed by atoms with Crippen LogP contribution >= 0.6 is 0 Å². The zero-order chi connectivity index (χ0) is 30.9. The summed E-state index contributed by atoms with van der Waals surface area (Å²) in [5, 5.41) is 32.9. The molecule has 0 saturated carbocycles. The van der Waals surface area contributed by atoms with Crippen LogP contribution in [-0.4, -0.2) is 46.1 Å². The second-order valence-corrected chi connectivity index (χ2v) is 12.1. The van der Waals surface area contributed by atoms with E-state index in [1.807, 2.05) is 6.08 Å². The first-order valence-corrected chi connectivity index (χ1v) is 17.8. The molecule has 0 bridgehead atoms. The van der Waals surface area contributed by atoms with Crippen LogP contribution in [0, 0.1) is 0 Å². The molecule has 0 rings (SSSR count). The van der Waals surface area contributed by atoms with Gasteiger partial charge >= 0.3 is 0 Å². The zero-order valence-electron chi connectivity index (χ0n) is 27.6. The van der Waals surface area contributed by atoms with Gasteiger partial charge in [-0.1, -0.05) is 159 Å². The van der Waals surface area contributed by atoms with Crippen LogP contribution in [0.4, 0.5) is 0 Å². The number of carbonyl (C=O) groups is 1. The first kappa shape index (κ1) is 40.6. The molecule has 0 saturated heterocycles. The lowest BCUT2D eigenvalue weighted by Crippen LogP contribution is -2.45. The lowest BCUT2D eigenvalue weighted by atomic mass is 10.0. The highest BCUT2D eigenvalue weighted by Gasteiger charge is 2.20. The molecule has 0 fully saturated rings. The Morgan fingerprint density at radius 1 is 0.595 bits per heavy atom. The number of rotatable bonds is 31. The van der Waals surface area contributed by atoms with Gasteiger partial charge in [-0.25, -0.2) is 0 Å². The number of nitrogens with one attached hydrogen (secondary N) is 1. The molecule has 4 N–H and O–H groups in total. The molecule has 0 aliphatic heterocycles. The monoisotopic (exact) mass is 592 g/mol. The molecule has 246 valence electrons. The first-order chi connectivity index (χ1) is 20.5. The van der Waals surface area contributed by atoms with Gasteiger partial charge in [0.2, 0.25) is 5.91 Å². The van der Waals surface area contributed by atoms with Crippen molar-refractivity contribution < 1.29 is 20.1 Å². The smallest absolute Gasteiger partial charge is 0.222 e. The fourth-order valence-electron chi connectivity index (χ4n) is 5.14. The molecule has 5 nitrogen and oxygen atoms in total. The molecule has 0 aliphatic rings. The summed E-state index contributed by atoms with van der Waals surface area (Å²) < 4.78 is 0. The number of aliphatic hydroxyl groups is 3. The molecule has 3 unspecified atom stereocenters. The SMILES string of the molecule is CCC/C=C/CC/C=C/CC/C=C/C(O)C(CO)NC(=O)CC(O)CCCCCCCCCCCCCCCCCC. The highest BCUT2D eigenvalue weighted by molar-refractivity contribution is 5.76. The predicted molar refractivity (Wildman–Crippen MR) is 181 cm³/mol. The van der Waals surface area contributed by atoms with Crippen molar-refractivity contribution in [2.24, 2.45) is 0 Å². The van der Waals surface area contributed by atoms with Crippen LogP contribution in [0.2, 0.25) is 0 Å². The van der Waals surface area contributed by atoms with Crippen molar-refractivity contribution >= 4 is 5.91 Å². The van der Waals surface area contributed by atoms with Crippen molar-refractivity contribution in [2.75, 3.05) is 6.61 Å². The van der Waals surface area contributed by atoms with Crippen LogP contribution in [0.25, 0.3) is 0 Å². The van der Waals surface area contributed by atoms with E-state index in [0.29, 0.717) is 6.42 Å². The highest BCUT2D eigenvalue weighted by atomic mass is 16.3. The molecule has 3 atom stereocenters. The Morgan fingerprint density at radius 3 is 1.48 bits per heavy atom. The first-order valence-electron chi connectivity index (χ1n) is 17.8. The van der Waals surface area contributed by atoms with Gasteiger partial charge in [-0.15, -0.1) is 0 Å². The van der Waals surface area contributed by atoms with E-state index < -0.39 is 18.2 Å². The molecule has 5 heteroatoms. The standard InChI is InChI=1S/C37H69NO4/c1-3-5-7-9-11-13-15-16-17-18-19-21-22-24-26-28-30-34(40)32-37(42)38-35(33-39)36(41)31-29-27-25-23-20-14-12-10-8-6-4-2/h8,10,20,23,29,31,34-36,39-41H,3-7,9,11-19,21-22,24-28,30,32-33H2,1-2H3,(H,38,42)/b10-8+,23-20+,31-29+. The van der Waals surface area contributed by atoms with Crippen molar-refractivity contribution in [1.29, 1.82) is 0 Å². The number of unbranched alkanes of at least 4 members (excludes halogenated alkanes) is 18. The van der Waals surface area contributed by atoms with Gasteiger partial charge in [-0.2, -0.15) is 0 Å². The molecule has 0 heterocycles. The van der Waals surface area contributed by atoms with Crippen LogP contribution in [0.15, 0.2) is 36.5 Å². The van der Waals surface area contributed by atoms with E-state index in [4.69, 9.17) is 0 Å². The number of carbonyl (C=O) groups excluding carboxylic acids is 1. The predicted octanol–water partition coefficient (Wildman–Crippen LogP) is 9.26. The Bertz CT molecular complexity index is 660. The van der Waals surface area contributed by atoms with Gasteiger partial charge in [0.05, 0.1) is 31.3 Å². The zero-order valence-corrected chi connectivity index (χ0v) is 27.6. The minimum atomic E-state index is -0.955. The van der Waals surface area contributed by atoms with Crippen molar-refractivity contribution in [3.05, 3.63) is 36.5 Å². The van der Waals surface area contributed by atoms with Gasteiger partial charge in [-0.3, -0.25) is 4.79 Å². The third-order valence-electron chi connectivity index (χ3n) is 7.89. The van der Waals surface area contributed by atoms with E-state index in [2.05, 4.69) is 43.5 Å². The third-order valence-corrected chi connectivity index (χ3v) is 7.89. The van der Waals surface area contributed by atoms with Crippen LogP contribution in [0.1, 0.15) is 168 Å². The Kier molecular flexibility index (Phi) is 31.4. The molecule has 0 aliphatic carbocycles. The molecule has 0 aromatic heterocycles. The average Bonchev–Trinajstić information content (AvgIpc) is 2.98. The quantitative estimate of drug-likeness (QED) is 0.0478. The van der Waals surface area contributed by atoms with Crippen LogP contribution in [0.3, 0.4) is 0 Å². The summed E-state index contributed by atoms with van der Waals surface area (Å²) in [5.74, 6) is -0.332. The molecular weight excluding hydrogens is 522 g/mol. The van der Waals surface area contributed by atoms with E-state index in [1.165, 1.54) is 96.3 Å². The molecule has 0 spiro atoms. The Morgan fingerprint density at radius 2 is 1.02 bits per heavy atom. The van der Waals surface area contributed by atoms with E-state index >= 15 is 0 Å². The number of allylic oxidation sites excluding steroid dienone is 5. The normalized spacial score (nSPS) is 14.3. The fraction of sp³-hybridized carbons (Fsp3) is 0.811. The summed E-state index contributed by atoms with van der Waals surface area (Å²) in [4.78, 5) is 12.3.